The van der Waals surface area contributed by atoms with Crippen LogP contribution in [0, 0.1) is 0 Å². The van der Waals surface area contributed by atoms with Crippen molar-refractivity contribution in [2.24, 2.45) is 0 Å². The molecule has 2 N–H and O–H groups in total. The Bertz CT molecular complexity index is 401. The minimum atomic E-state index is -0.251. The maximum absolute atomic E-state index is 11.6. The molecule has 0 radical (unpaired) electrons. The lowest BCUT2D eigenvalue weighted by atomic mass is 10.1. The molecule has 2 amide bonds. The fraction of sp³-hybridized carbons (Fsp3) is 0.583. The molecule has 1 heterocycles. The lowest BCUT2D eigenvalue weighted by molar-refractivity contribution is 0.106. The summed E-state index contributed by atoms with van der Waals surface area (Å²) in [7, 11) is 1.61. The molecular formula is C12H19ClN2O2S. The number of hydrogen-bond acceptors (Lipinski definition) is 3. The van der Waals surface area contributed by atoms with Gasteiger partial charge in [-0.05, 0) is 32.9 Å². The molecular weight excluding hydrogens is 272 g/mol. The van der Waals surface area contributed by atoms with E-state index in [9.17, 15) is 4.79 Å². The van der Waals surface area contributed by atoms with Crippen LogP contribution in [0.4, 0.5) is 4.79 Å². The first kappa shape index (κ1) is 15.3. The third kappa shape index (κ3) is 5.25. The first-order valence-electron chi connectivity index (χ1n) is 5.66. The van der Waals surface area contributed by atoms with Crippen molar-refractivity contribution < 1.29 is 9.53 Å². The topological polar surface area (TPSA) is 50.4 Å². The molecule has 102 valence electrons. The van der Waals surface area contributed by atoms with E-state index in [1.54, 1.807) is 7.11 Å². The summed E-state index contributed by atoms with van der Waals surface area (Å²) in [4.78, 5) is 12.6. The van der Waals surface area contributed by atoms with Gasteiger partial charge in [-0.1, -0.05) is 11.6 Å². The largest absolute Gasteiger partial charge is 0.374 e. The van der Waals surface area contributed by atoms with Crippen LogP contribution in [-0.4, -0.2) is 25.2 Å². The van der Waals surface area contributed by atoms with E-state index in [4.69, 9.17) is 16.3 Å². The zero-order valence-electron chi connectivity index (χ0n) is 11.0. The predicted octanol–water partition coefficient (Wildman–Crippen LogP) is 3.19. The summed E-state index contributed by atoms with van der Waals surface area (Å²) >= 11 is 7.33. The lowest BCUT2D eigenvalue weighted by Gasteiger charge is -2.22. The third-order valence-electron chi connectivity index (χ3n) is 2.13. The zero-order valence-corrected chi connectivity index (χ0v) is 12.6. The van der Waals surface area contributed by atoms with Crippen molar-refractivity contribution in [1.29, 1.82) is 0 Å². The Labute approximate surface area is 117 Å². The first-order chi connectivity index (χ1) is 8.31. The van der Waals surface area contributed by atoms with Gasteiger partial charge in [0.2, 0.25) is 0 Å². The second-order valence-electron chi connectivity index (χ2n) is 4.95. The molecule has 18 heavy (non-hydrogen) atoms. The highest BCUT2D eigenvalue weighted by Gasteiger charge is 2.17. The molecule has 0 spiro atoms. The number of urea groups is 1. The number of rotatable bonds is 4. The number of ether oxygens (including phenoxy) is 1. The van der Waals surface area contributed by atoms with E-state index in [1.807, 2.05) is 32.9 Å². The average Bonchev–Trinajstić information content (AvgIpc) is 2.63. The van der Waals surface area contributed by atoms with Gasteiger partial charge in [0, 0.05) is 17.5 Å². The van der Waals surface area contributed by atoms with Gasteiger partial charge in [0.15, 0.2) is 0 Å². The fourth-order valence-corrected chi connectivity index (χ4v) is 2.51. The number of halogens is 1. The zero-order chi connectivity index (χ0) is 13.8. The molecule has 1 unspecified atom stereocenters. The summed E-state index contributed by atoms with van der Waals surface area (Å²) in [6, 6.07) is 3.53. The van der Waals surface area contributed by atoms with E-state index in [2.05, 4.69) is 10.6 Å². The summed E-state index contributed by atoms with van der Waals surface area (Å²) < 4.78 is 6.05. The van der Waals surface area contributed by atoms with Crippen molar-refractivity contribution >= 4 is 29.0 Å². The van der Waals surface area contributed by atoms with E-state index in [1.165, 1.54) is 11.3 Å². The van der Waals surface area contributed by atoms with Gasteiger partial charge >= 0.3 is 6.03 Å². The molecule has 0 aliphatic heterocycles. The summed E-state index contributed by atoms with van der Waals surface area (Å²) in [6.45, 7) is 6.20. The summed E-state index contributed by atoms with van der Waals surface area (Å²) in [6.07, 6.45) is -0.173. The Morgan fingerprint density at radius 3 is 2.61 bits per heavy atom. The van der Waals surface area contributed by atoms with Crippen molar-refractivity contribution in [3.8, 4) is 0 Å². The minimum Gasteiger partial charge on any atom is -0.374 e. The monoisotopic (exact) mass is 290 g/mol. The van der Waals surface area contributed by atoms with Gasteiger partial charge in [0.05, 0.1) is 10.9 Å². The fourth-order valence-electron chi connectivity index (χ4n) is 1.37. The Balaban J connectivity index is 2.48. The SMILES string of the molecule is COC(CNC(=O)NC(C)(C)C)c1ccc(Cl)s1. The number of carbonyl (C=O) groups is 1. The highest BCUT2D eigenvalue weighted by Crippen LogP contribution is 2.28. The van der Waals surface area contributed by atoms with Crippen molar-refractivity contribution in [3.05, 3.63) is 21.3 Å². The van der Waals surface area contributed by atoms with Crippen LogP contribution in [0.3, 0.4) is 0 Å². The molecule has 0 saturated heterocycles. The van der Waals surface area contributed by atoms with E-state index in [-0.39, 0.29) is 17.7 Å². The Kier molecular flexibility index (Phi) is 5.44. The molecule has 0 aromatic carbocycles. The second kappa shape index (κ2) is 6.41. The van der Waals surface area contributed by atoms with Gasteiger partial charge in [0.1, 0.15) is 6.10 Å². The van der Waals surface area contributed by atoms with Crippen molar-refractivity contribution in [2.45, 2.75) is 32.4 Å². The van der Waals surface area contributed by atoms with Crippen LogP contribution in [0.15, 0.2) is 12.1 Å². The van der Waals surface area contributed by atoms with Gasteiger partial charge in [-0.2, -0.15) is 0 Å². The third-order valence-corrected chi connectivity index (χ3v) is 3.46. The predicted molar refractivity (Wildman–Crippen MR) is 75.4 cm³/mol. The number of nitrogens with one attached hydrogen (secondary N) is 2. The molecule has 0 saturated carbocycles. The number of methoxy groups -OCH3 is 1. The van der Waals surface area contributed by atoms with Crippen LogP contribution in [-0.2, 0) is 4.74 Å². The van der Waals surface area contributed by atoms with Crippen molar-refractivity contribution in [3.63, 3.8) is 0 Å². The number of thiophene rings is 1. The standard InChI is InChI=1S/C12H19ClN2O2S/c1-12(2,3)15-11(16)14-7-8(17-4)9-5-6-10(13)18-9/h5-6,8H,7H2,1-4H3,(H2,14,15,16). The second-order valence-corrected chi connectivity index (χ2v) is 6.70. The quantitative estimate of drug-likeness (QED) is 0.895. The van der Waals surface area contributed by atoms with Crippen molar-refractivity contribution in [1.82, 2.24) is 10.6 Å². The number of amides is 2. The lowest BCUT2D eigenvalue weighted by Crippen LogP contribution is -2.47. The molecule has 1 aromatic rings. The Morgan fingerprint density at radius 1 is 1.50 bits per heavy atom. The summed E-state index contributed by atoms with van der Waals surface area (Å²) in [5, 5.41) is 5.61. The van der Waals surface area contributed by atoms with Gasteiger partial charge < -0.3 is 15.4 Å². The Hall–Kier alpha value is -0.780. The van der Waals surface area contributed by atoms with Gasteiger partial charge in [-0.3, -0.25) is 0 Å². The van der Waals surface area contributed by atoms with E-state index < -0.39 is 0 Å². The highest BCUT2D eigenvalue weighted by molar-refractivity contribution is 7.16. The van der Waals surface area contributed by atoms with Crippen LogP contribution in [0.1, 0.15) is 31.8 Å². The van der Waals surface area contributed by atoms with Gasteiger partial charge in [-0.25, -0.2) is 4.79 Å². The van der Waals surface area contributed by atoms with Crippen LogP contribution < -0.4 is 10.6 Å². The van der Waals surface area contributed by atoms with E-state index in [0.717, 1.165) is 4.88 Å². The average molecular weight is 291 g/mol. The molecule has 0 bridgehead atoms. The van der Waals surface area contributed by atoms with Gasteiger partial charge in [-0.15, -0.1) is 11.3 Å². The molecule has 6 heteroatoms. The minimum absolute atomic E-state index is 0.173. The normalized spacial score (nSPS) is 13.2. The summed E-state index contributed by atoms with van der Waals surface area (Å²) in [5.74, 6) is 0. The molecule has 0 aliphatic carbocycles. The highest BCUT2D eigenvalue weighted by atomic mass is 35.5. The number of hydrogen-bond donors (Lipinski definition) is 2. The molecule has 0 aliphatic rings. The van der Waals surface area contributed by atoms with Gasteiger partial charge in [0.25, 0.3) is 0 Å². The molecule has 4 nitrogen and oxygen atoms in total. The van der Waals surface area contributed by atoms with E-state index in [0.29, 0.717) is 10.9 Å². The molecule has 1 aromatic heterocycles. The smallest absolute Gasteiger partial charge is 0.315 e. The molecule has 0 fully saturated rings. The molecule has 1 rings (SSSR count). The van der Waals surface area contributed by atoms with Crippen LogP contribution >= 0.6 is 22.9 Å². The van der Waals surface area contributed by atoms with Crippen LogP contribution in [0.5, 0.6) is 0 Å². The Morgan fingerprint density at radius 2 is 2.17 bits per heavy atom. The maximum Gasteiger partial charge on any atom is 0.315 e. The number of carbonyl (C=O) groups excluding carboxylic acids is 1. The van der Waals surface area contributed by atoms with Crippen LogP contribution in [0.2, 0.25) is 4.34 Å². The first-order valence-corrected chi connectivity index (χ1v) is 6.85. The summed E-state index contributed by atoms with van der Waals surface area (Å²) in [5.41, 5.74) is -0.251. The molecule has 1 atom stereocenters. The van der Waals surface area contributed by atoms with E-state index >= 15 is 0 Å². The van der Waals surface area contributed by atoms with Crippen LogP contribution in [0.25, 0.3) is 0 Å². The van der Waals surface area contributed by atoms with Crippen molar-refractivity contribution in [2.75, 3.05) is 13.7 Å². The maximum atomic E-state index is 11.6.